The van der Waals surface area contributed by atoms with Crippen LogP contribution in [0.15, 0.2) is 58.3 Å². The van der Waals surface area contributed by atoms with Crippen LogP contribution < -0.4 is 0 Å². The first-order valence-corrected chi connectivity index (χ1v) is 7.83. The molecule has 0 saturated heterocycles. The zero-order valence-corrected chi connectivity index (χ0v) is 13.1. The van der Waals surface area contributed by atoms with Crippen molar-refractivity contribution in [2.75, 3.05) is 0 Å². The van der Waals surface area contributed by atoms with Crippen LogP contribution in [-0.2, 0) is 9.84 Å². The standard InChI is InChI=1S/C7H5F3O3S.C7H8S/c8-7(9,10)14(12,13)6-3-1-5(11)2-4-6;1-6-2-4-7(8)5-3-6/h1-4,11H;2-5,8H,1H3. The molecule has 0 spiro atoms. The maximum Gasteiger partial charge on any atom is 0.501 e. The van der Waals surface area contributed by atoms with E-state index in [4.69, 9.17) is 5.11 Å². The number of benzene rings is 2. The van der Waals surface area contributed by atoms with E-state index in [0.29, 0.717) is 12.1 Å². The summed E-state index contributed by atoms with van der Waals surface area (Å²) in [5, 5.41) is 8.75. The van der Waals surface area contributed by atoms with E-state index in [1.165, 1.54) is 5.56 Å². The summed E-state index contributed by atoms with van der Waals surface area (Å²) in [5.41, 5.74) is -4.04. The molecule has 0 heterocycles. The number of thiol groups is 1. The molecule has 0 unspecified atom stereocenters. The smallest absolute Gasteiger partial charge is 0.501 e. The van der Waals surface area contributed by atoms with Gasteiger partial charge in [0.25, 0.3) is 9.84 Å². The number of halogens is 3. The summed E-state index contributed by atoms with van der Waals surface area (Å²) in [7, 11) is -5.30. The minimum absolute atomic E-state index is 0.300. The van der Waals surface area contributed by atoms with Gasteiger partial charge in [0.05, 0.1) is 4.90 Å². The Morgan fingerprint density at radius 3 is 1.77 bits per heavy atom. The molecule has 0 aliphatic rings. The highest BCUT2D eigenvalue weighted by molar-refractivity contribution is 7.92. The van der Waals surface area contributed by atoms with E-state index >= 15 is 0 Å². The Hall–Kier alpha value is -1.67. The van der Waals surface area contributed by atoms with Gasteiger partial charge >= 0.3 is 5.51 Å². The number of aromatic hydroxyl groups is 1. The Morgan fingerprint density at radius 1 is 0.955 bits per heavy atom. The number of aryl methyl sites for hydroxylation is 1. The van der Waals surface area contributed by atoms with Crippen LogP contribution in [0.4, 0.5) is 13.2 Å². The Balaban J connectivity index is 0.000000255. The van der Waals surface area contributed by atoms with E-state index in [2.05, 4.69) is 19.6 Å². The lowest BCUT2D eigenvalue weighted by molar-refractivity contribution is -0.0436. The average molecular weight is 350 g/mol. The van der Waals surface area contributed by atoms with E-state index in [1.54, 1.807) is 0 Å². The monoisotopic (exact) mass is 350 g/mol. The fourth-order valence-corrected chi connectivity index (χ4v) is 2.21. The summed E-state index contributed by atoms with van der Waals surface area (Å²) in [6, 6.07) is 11.2. The second-order valence-electron chi connectivity index (χ2n) is 4.28. The summed E-state index contributed by atoms with van der Waals surface area (Å²) in [5.74, 6) is -0.300. The van der Waals surface area contributed by atoms with Crippen molar-refractivity contribution < 1.29 is 26.7 Å². The summed E-state index contributed by atoms with van der Waals surface area (Å²) in [6.07, 6.45) is 0. The van der Waals surface area contributed by atoms with Crippen molar-refractivity contribution in [1.82, 2.24) is 0 Å². The Bertz CT molecular complexity index is 685. The molecule has 0 saturated carbocycles. The van der Waals surface area contributed by atoms with Crippen molar-refractivity contribution in [3.8, 4) is 5.75 Å². The molecule has 0 aliphatic carbocycles. The first-order chi connectivity index (χ1) is 10.0. The maximum atomic E-state index is 12.0. The zero-order chi connectivity index (χ0) is 17.0. The van der Waals surface area contributed by atoms with Crippen molar-refractivity contribution >= 4 is 22.5 Å². The van der Waals surface area contributed by atoms with Gasteiger partial charge in [0.1, 0.15) is 5.75 Å². The quantitative estimate of drug-likeness (QED) is 0.765. The molecule has 0 aromatic heterocycles. The molecule has 2 aromatic carbocycles. The van der Waals surface area contributed by atoms with Gasteiger partial charge in [-0.3, -0.25) is 0 Å². The van der Waals surface area contributed by atoms with Gasteiger partial charge in [-0.2, -0.15) is 13.2 Å². The summed E-state index contributed by atoms with van der Waals surface area (Å²) in [6.45, 7) is 2.06. The van der Waals surface area contributed by atoms with E-state index in [9.17, 15) is 21.6 Å². The van der Waals surface area contributed by atoms with Gasteiger partial charge in [-0.05, 0) is 43.3 Å². The van der Waals surface area contributed by atoms with Gasteiger partial charge in [-0.25, -0.2) is 8.42 Å². The second-order valence-corrected chi connectivity index (χ2v) is 6.74. The van der Waals surface area contributed by atoms with E-state index in [0.717, 1.165) is 17.0 Å². The van der Waals surface area contributed by atoms with E-state index < -0.39 is 20.2 Å². The normalized spacial score (nSPS) is 11.5. The van der Waals surface area contributed by atoms with Crippen LogP contribution in [0, 0.1) is 6.92 Å². The molecule has 2 rings (SSSR count). The zero-order valence-electron chi connectivity index (χ0n) is 11.4. The predicted octanol–water partition coefficient (Wildman–Crippen LogP) is 3.97. The summed E-state index contributed by atoms with van der Waals surface area (Å²) in [4.78, 5) is 0.137. The SMILES string of the molecule is Cc1ccc(S)cc1.O=S(=O)(c1ccc(O)cc1)C(F)(F)F. The van der Waals surface area contributed by atoms with Crippen LogP contribution in [0.2, 0.25) is 0 Å². The molecule has 0 bridgehead atoms. The Labute approximate surface area is 131 Å². The van der Waals surface area contributed by atoms with Crippen LogP contribution in [0.3, 0.4) is 0 Å². The van der Waals surface area contributed by atoms with Crippen molar-refractivity contribution in [1.29, 1.82) is 0 Å². The molecule has 0 amide bonds. The van der Waals surface area contributed by atoms with Crippen LogP contribution in [0.1, 0.15) is 5.56 Å². The number of rotatable bonds is 1. The summed E-state index contributed by atoms with van der Waals surface area (Å²) >= 11 is 4.13. The lowest BCUT2D eigenvalue weighted by Gasteiger charge is -2.07. The molecule has 22 heavy (non-hydrogen) atoms. The Morgan fingerprint density at radius 2 is 1.41 bits per heavy atom. The average Bonchev–Trinajstić information content (AvgIpc) is 2.42. The van der Waals surface area contributed by atoms with E-state index in [-0.39, 0.29) is 5.75 Å². The minimum atomic E-state index is -5.32. The lowest BCUT2D eigenvalue weighted by Crippen LogP contribution is -2.23. The molecular weight excluding hydrogens is 337 g/mol. The molecule has 8 heteroatoms. The van der Waals surface area contributed by atoms with E-state index in [1.807, 2.05) is 24.3 Å². The molecule has 120 valence electrons. The fraction of sp³-hybridized carbons (Fsp3) is 0.143. The maximum absolute atomic E-state index is 12.0. The largest absolute Gasteiger partial charge is 0.508 e. The highest BCUT2D eigenvalue weighted by atomic mass is 32.2. The number of phenols is 1. The van der Waals surface area contributed by atoms with Gasteiger partial charge in [0.2, 0.25) is 0 Å². The second kappa shape index (κ2) is 7.06. The van der Waals surface area contributed by atoms with Gasteiger partial charge in [-0.15, -0.1) is 12.6 Å². The minimum Gasteiger partial charge on any atom is -0.508 e. The molecule has 0 aliphatic heterocycles. The molecule has 0 fully saturated rings. The predicted molar refractivity (Wildman–Crippen MR) is 79.8 cm³/mol. The topological polar surface area (TPSA) is 54.4 Å². The third kappa shape index (κ3) is 4.96. The molecule has 0 atom stereocenters. The van der Waals surface area contributed by atoms with Crippen molar-refractivity contribution in [2.24, 2.45) is 0 Å². The number of phenolic OH excluding ortho intramolecular Hbond substituents is 1. The van der Waals surface area contributed by atoms with Crippen LogP contribution in [0.5, 0.6) is 5.75 Å². The number of alkyl halides is 3. The van der Waals surface area contributed by atoms with Crippen molar-refractivity contribution in [3.05, 3.63) is 54.1 Å². The van der Waals surface area contributed by atoms with Crippen molar-refractivity contribution in [2.45, 2.75) is 22.2 Å². The van der Waals surface area contributed by atoms with Gasteiger partial charge in [-0.1, -0.05) is 17.7 Å². The highest BCUT2D eigenvalue weighted by Gasteiger charge is 2.46. The highest BCUT2D eigenvalue weighted by Crippen LogP contribution is 2.30. The fourth-order valence-electron chi connectivity index (χ4n) is 1.30. The summed E-state index contributed by atoms with van der Waals surface area (Å²) < 4.78 is 57.4. The number of sulfone groups is 1. The Kier molecular flexibility index (Phi) is 5.90. The van der Waals surface area contributed by atoms with Crippen molar-refractivity contribution in [3.63, 3.8) is 0 Å². The number of hydrogen-bond donors (Lipinski definition) is 2. The van der Waals surface area contributed by atoms with Gasteiger partial charge in [0, 0.05) is 4.90 Å². The molecule has 0 radical (unpaired) electrons. The molecule has 3 nitrogen and oxygen atoms in total. The van der Waals surface area contributed by atoms with Crippen LogP contribution >= 0.6 is 12.6 Å². The van der Waals surface area contributed by atoms with Crippen LogP contribution in [0.25, 0.3) is 0 Å². The molecular formula is C14H13F3O3S2. The van der Waals surface area contributed by atoms with Gasteiger partial charge < -0.3 is 5.11 Å². The molecule has 1 N–H and O–H groups in total. The van der Waals surface area contributed by atoms with Crippen LogP contribution in [-0.4, -0.2) is 19.0 Å². The van der Waals surface area contributed by atoms with Gasteiger partial charge in [0.15, 0.2) is 0 Å². The third-order valence-electron chi connectivity index (χ3n) is 2.49. The lowest BCUT2D eigenvalue weighted by atomic mass is 10.2. The number of hydrogen-bond acceptors (Lipinski definition) is 4. The first kappa shape index (κ1) is 18.4. The third-order valence-corrected chi connectivity index (χ3v) is 4.29. The first-order valence-electron chi connectivity index (χ1n) is 5.90. The molecule has 2 aromatic rings.